The summed E-state index contributed by atoms with van der Waals surface area (Å²) >= 11 is 5.98. The molecule has 3 rings (SSSR count). The monoisotopic (exact) mass is 403 g/mol. The molecular formula is C21H21ClFN2O3+. The van der Waals surface area contributed by atoms with E-state index in [1.165, 1.54) is 29.2 Å². The summed E-state index contributed by atoms with van der Waals surface area (Å²) < 4.78 is 13.2. The van der Waals surface area contributed by atoms with Crippen LogP contribution in [0.15, 0.2) is 54.1 Å². The van der Waals surface area contributed by atoms with E-state index >= 15 is 0 Å². The summed E-state index contributed by atoms with van der Waals surface area (Å²) in [4.78, 5) is 28.1. The van der Waals surface area contributed by atoms with Gasteiger partial charge in [-0.15, -0.1) is 0 Å². The first-order valence-electron chi connectivity index (χ1n) is 8.88. The number of hydrogen-bond donors (Lipinski definition) is 2. The van der Waals surface area contributed by atoms with Gasteiger partial charge in [0.1, 0.15) is 11.6 Å². The lowest BCUT2D eigenvalue weighted by molar-refractivity contribution is -0.857. The van der Waals surface area contributed by atoms with E-state index in [4.69, 9.17) is 11.6 Å². The van der Waals surface area contributed by atoms with E-state index in [0.29, 0.717) is 23.7 Å². The molecule has 0 spiro atoms. The Labute approximate surface area is 167 Å². The van der Waals surface area contributed by atoms with Gasteiger partial charge in [0.2, 0.25) is 0 Å². The summed E-state index contributed by atoms with van der Waals surface area (Å²) in [7, 11) is 3.90. The smallest absolute Gasteiger partial charge is 0.295 e. The SMILES string of the molecule is C[NH+](C)CCN1C(=O)C(=O)C(=C(O)c2ccc(F)cc2)C1c1ccc(Cl)cc1. The van der Waals surface area contributed by atoms with Gasteiger partial charge in [-0.1, -0.05) is 23.7 Å². The molecule has 2 aromatic carbocycles. The number of hydrogen-bond acceptors (Lipinski definition) is 3. The lowest BCUT2D eigenvalue weighted by atomic mass is 9.95. The number of carbonyl (C=O) groups excluding carboxylic acids is 2. The molecule has 1 heterocycles. The third kappa shape index (κ3) is 3.93. The number of ketones is 1. The van der Waals surface area contributed by atoms with Crippen LogP contribution in [0.3, 0.4) is 0 Å². The van der Waals surface area contributed by atoms with Gasteiger partial charge in [-0.3, -0.25) is 9.59 Å². The number of carbonyl (C=O) groups is 2. The van der Waals surface area contributed by atoms with Crippen molar-refractivity contribution in [3.8, 4) is 0 Å². The molecule has 1 aliphatic rings. The number of amides is 1. The van der Waals surface area contributed by atoms with Gasteiger partial charge in [0.05, 0.1) is 38.8 Å². The number of quaternary nitrogens is 1. The second kappa shape index (κ2) is 8.12. The van der Waals surface area contributed by atoms with E-state index in [-0.39, 0.29) is 16.9 Å². The number of halogens is 2. The number of nitrogens with one attached hydrogen (secondary N) is 1. The van der Waals surface area contributed by atoms with Crippen molar-refractivity contribution < 1.29 is 24.0 Å². The van der Waals surface area contributed by atoms with Crippen LogP contribution in [0.5, 0.6) is 0 Å². The van der Waals surface area contributed by atoms with Crippen molar-refractivity contribution in [2.24, 2.45) is 0 Å². The Bertz CT molecular complexity index is 924. The number of Topliss-reactive ketones (excluding diaryl/α,β-unsaturated/α-hetero) is 1. The van der Waals surface area contributed by atoms with Crippen molar-refractivity contribution in [3.05, 3.63) is 76.1 Å². The zero-order valence-corrected chi connectivity index (χ0v) is 16.3. The average molecular weight is 404 g/mol. The molecule has 0 aromatic heterocycles. The van der Waals surface area contributed by atoms with Crippen LogP contribution < -0.4 is 4.90 Å². The number of likely N-dealkylation sites (tertiary alicyclic amines) is 1. The summed E-state index contributed by atoms with van der Waals surface area (Å²) in [5.41, 5.74) is 0.935. The number of likely N-dealkylation sites (N-methyl/N-ethyl adjacent to an activating group) is 1. The van der Waals surface area contributed by atoms with Crippen LogP contribution in [0.1, 0.15) is 17.2 Å². The average Bonchev–Trinajstić information content (AvgIpc) is 2.91. The minimum Gasteiger partial charge on any atom is -0.507 e. The summed E-state index contributed by atoms with van der Waals surface area (Å²) in [6.07, 6.45) is 0. The van der Waals surface area contributed by atoms with Crippen LogP contribution in [-0.2, 0) is 9.59 Å². The zero-order chi connectivity index (χ0) is 20.4. The van der Waals surface area contributed by atoms with Crippen molar-refractivity contribution >= 4 is 29.1 Å². The highest BCUT2D eigenvalue weighted by molar-refractivity contribution is 6.46. The third-order valence-corrected chi connectivity index (χ3v) is 4.95. The molecule has 1 atom stereocenters. The molecule has 1 aliphatic heterocycles. The minimum absolute atomic E-state index is 0.00677. The maximum atomic E-state index is 13.2. The highest BCUT2D eigenvalue weighted by Gasteiger charge is 2.46. The zero-order valence-electron chi connectivity index (χ0n) is 15.6. The third-order valence-electron chi connectivity index (χ3n) is 4.70. The normalized spacial score (nSPS) is 18.9. The fourth-order valence-corrected chi connectivity index (χ4v) is 3.34. The van der Waals surface area contributed by atoms with E-state index in [0.717, 1.165) is 4.90 Å². The first kappa shape index (κ1) is 20.0. The van der Waals surface area contributed by atoms with E-state index in [9.17, 15) is 19.1 Å². The minimum atomic E-state index is -0.754. The van der Waals surface area contributed by atoms with E-state index < -0.39 is 23.5 Å². The number of nitrogens with zero attached hydrogens (tertiary/aromatic N) is 1. The van der Waals surface area contributed by atoms with Crippen molar-refractivity contribution in [1.29, 1.82) is 0 Å². The molecule has 1 saturated heterocycles. The topological polar surface area (TPSA) is 62.0 Å². The fraction of sp³-hybridized carbons (Fsp3) is 0.238. The van der Waals surface area contributed by atoms with Gasteiger partial charge in [-0.2, -0.15) is 0 Å². The Kier molecular flexibility index (Phi) is 5.82. The maximum absolute atomic E-state index is 13.2. The molecule has 0 bridgehead atoms. The molecule has 7 heteroatoms. The standard InChI is InChI=1S/C21H20ClFN2O3/c1-24(2)11-12-25-18(13-3-7-15(22)8-4-13)17(20(27)21(25)28)19(26)14-5-9-16(23)10-6-14/h3-10,18,26H,11-12H2,1-2H3/p+1. The summed E-state index contributed by atoms with van der Waals surface area (Å²) in [5, 5.41) is 11.3. The largest absolute Gasteiger partial charge is 0.507 e. The van der Waals surface area contributed by atoms with Gasteiger partial charge in [-0.05, 0) is 42.0 Å². The highest BCUT2D eigenvalue weighted by Crippen LogP contribution is 2.39. The Morgan fingerprint density at radius 1 is 1.11 bits per heavy atom. The lowest BCUT2D eigenvalue weighted by Gasteiger charge is -2.25. The molecule has 1 amide bonds. The second-order valence-corrected chi connectivity index (χ2v) is 7.44. The van der Waals surface area contributed by atoms with Crippen molar-refractivity contribution in [2.45, 2.75) is 6.04 Å². The number of aliphatic hydroxyl groups excluding tert-OH is 1. The Morgan fingerprint density at radius 3 is 2.29 bits per heavy atom. The van der Waals surface area contributed by atoms with Gasteiger partial charge in [0.15, 0.2) is 0 Å². The van der Waals surface area contributed by atoms with E-state index in [2.05, 4.69) is 0 Å². The Morgan fingerprint density at radius 2 is 1.71 bits per heavy atom. The van der Waals surface area contributed by atoms with Crippen LogP contribution >= 0.6 is 11.6 Å². The van der Waals surface area contributed by atoms with Crippen molar-refractivity contribution in [2.75, 3.05) is 27.2 Å². The van der Waals surface area contributed by atoms with Gasteiger partial charge in [-0.25, -0.2) is 4.39 Å². The number of aliphatic hydroxyl groups is 1. The second-order valence-electron chi connectivity index (χ2n) is 7.01. The lowest BCUT2D eigenvalue weighted by Crippen LogP contribution is -3.06. The van der Waals surface area contributed by atoms with Crippen LogP contribution in [0.25, 0.3) is 5.76 Å². The molecule has 5 nitrogen and oxygen atoms in total. The maximum Gasteiger partial charge on any atom is 0.295 e. The van der Waals surface area contributed by atoms with Crippen LogP contribution in [0.4, 0.5) is 4.39 Å². The first-order valence-corrected chi connectivity index (χ1v) is 9.26. The van der Waals surface area contributed by atoms with E-state index in [1.807, 2.05) is 14.1 Å². The van der Waals surface area contributed by atoms with Gasteiger partial charge in [0, 0.05) is 10.6 Å². The molecule has 1 unspecified atom stereocenters. The van der Waals surface area contributed by atoms with Crippen LogP contribution in [0.2, 0.25) is 5.02 Å². The predicted molar refractivity (Wildman–Crippen MR) is 105 cm³/mol. The number of rotatable bonds is 5. The molecule has 28 heavy (non-hydrogen) atoms. The van der Waals surface area contributed by atoms with E-state index in [1.54, 1.807) is 24.3 Å². The molecule has 2 N–H and O–H groups in total. The quantitative estimate of drug-likeness (QED) is 0.456. The van der Waals surface area contributed by atoms with Crippen LogP contribution in [0, 0.1) is 5.82 Å². The summed E-state index contributed by atoms with van der Waals surface area (Å²) in [5.74, 6) is -2.20. The highest BCUT2D eigenvalue weighted by atomic mass is 35.5. The van der Waals surface area contributed by atoms with Crippen molar-refractivity contribution in [1.82, 2.24) is 4.90 Å². The molecule has 2 aromatic rings. The predicted octanol–water partition coefficient (Wildman–Crippen LogP) is 2.05. The summed E-state index contributed by atoms with van der Waals surface area (Å²) in [6, 6.07) is 11.2. The molecular weight excluding hydrogens is 383 g/mol. The number of benzene rings is 2. The summed E-state index contributed by atoms with van der Waals surface area (Å²) in [6.45, 7) is 0.980. The molecule has 1 fully saturated rings. The van der Waals surface area contributed by atoms with Gasteiger partial charge >= 0.3 is 0 Å². The molecule has 0 radical (unpaired) electrons. The first-order chi connectivity index (χ1) is 13.3. The molecule has 146 valence electrons. The van der Waals surface area contributed by atoms with Gasteiger partial charge < -0.3 is 14.9 Å². The Hall–Kier alpha value is -2.70. The Balaban J connectivity index is 2.13. The van der Waals surface area contributed by atoms with Crippen molar-refractivity contribution in [3.63, 3.8) is 0 Å². The molecule has 0 aliphatic carbocycles. The van der Waals surface area contributed by atoms with Crippen LogP contribution in [-0.4, -0.2) is 48.9 Å². The fourth-order valence-electron chi connectivity index (χ4n) is 3.21. The molecule has 0 saturated carbocycles. The van der Waals surface area contributed by atoms with Gasteiger partial charge in [0.25, 0.3) is 11.7 Å².